The predicted octanol–water partition coefficient (Wildman–Crippen LogP) is 2.14. The Bertz CT molecular complexity index is 413. The zero-order chi connectivity index (χ0) is 13.7. The Morgan fingerprint density at radius 3 is 2.79 bits per heavy atom. The Morgan fingerprint density at radius 2 is 2.11 bits per heavy atom. The normalized spacial score (nSPS) is 18.8. The fourth-order valence-corrected chi connectivity index (χ4v) is 2.76. The minimum Gasteiger partial charge on any atom is -0.338 e. The van der Waals surface area contributed by atoms with Crippen molar-refractivity contribution in [2.75, 3.05) is 20.1 Å². The molecule has 104 valence electrons. The number of nitrogens with one attached hydrogen (secondary N) is 1. The van der Waals surface area contributed by atoms with Gasteiger partial charge in [-0.1, -0.05) is 29.8 Å². The van der Waals surface area contributed by atoms with E-state index in [0.29, 0.717) is 18.4 Å². The second-order valence-corrected chi connectivity index (χ2v) is 5.43. The van der Waals surface area contributed by atoms with Crippen molar-refractivity contribution in [1.29, 1.82) is 0 Å². The summed E-state index contributed by atoms with van der Waals surface area (Å²) in [7, 11) is 1.95. The molecule has 1 unspecified atom stereocenters. The van der Waals surface area contributed by atoms with Crippen molar-refractivity contribution in [3.8, 4) is 0 Å². The van der Waals surface area contributed by atoms with Crippen molar-refractivity contribution in [2.45, 2.75) is 38.6 Å². The maximum absolute atomic E-state index is 12.3. The summed E-state index contributed by atoms with van der Waals surface area (Å²) in [4.78, 5) is 14.3. The summed E-state index contributed by atoms with van der Waals surface area (Å²) in [6, 6.07) is 8.87. The highest BCUT2D eigenvalue weighted by atomic mass is 16.2. The van der Waals surface area contributed by atoms with Crippen LogP contribution in [-0.2, 0) is 11.2 Å². The molecule has 1 heterocycles. The highest BCUT2D eigenvalue weighted by Crippen LogP contribution is 2.18. The van der Waals surface area contributed by atoms with Crippen molar-refractivity contribution in [3.05, 3.63) is 35.4 Å². The van der Waals surface area contributed by atoms with Crippen molar-refractivity contribution >= 4 is 5.91 Å². The first-order chi connectivity index (χ1) is 9.20. The summed E-state index contributed by atoms with van der Waals surface area (Å²) in [5, 5.41) is 3.18. The minimum atomic E-state index is 0.304. The van der Waals surface area contributed by atoms with Gasteiger partial charge in [0.25, 0.3) is 0 Å². The van der Waals surface area contributed by atoms with Gasteiger partial charge in [-0.05, 0) is 38.8 Å². The van der Waals surface area contributed by atoms with Crippen LogP contribution in [0.4, 0.5) is 0 Å². The number of hydrogen-bond acceptors (Lipinski definition) is 2. The Hall–Kier alpha value is -1.35. The molecule has 3 nitrogen and oxygen atoms in total. The first-order valence-electron chi connectivity index (χ1n) is 7.20. The van der Waals surface area contributed by atoms with Crippen LogP contribution in [0.2, 0.25) is 0 Å². The minimum absolute atomic E-state index is 0.304. The van der Waals surface area contributed by atoms with Crippen LogP contribution in [0.15, 0.2) is 24.3 Å². The zero-order valence-electron chi connectivity index (χ0n) is 12.0. The van der Waals surface area contributed by atoms with E-state index in [-0.39, 0.29) is 0 Å². The van der Waals surface area contributed by atoms with E-state index in [1.165, 1.54) is 11.1 Å². The van der Waals surface area contributed by atoms with E-state index < -0.39 is 0 Å². The molecule has 2 rings (SSSR count). The average Bonchev–Trinajstić information content (AvgIpc) is 2.86. The molecule has 1 N–H and O–H groups in total. The van der Waals surface area contributed by atoms with Gasteiger partial charge in [-0.3, -0.25) is 4.79 Å². The van der Waals surface area contributed by atoms with Gasteiger partial charge >= 0.3 is 0 Å². The van der Waals surface area contributed by atoms with Gasteiger partial charge in [0.05, 0.1) is 0 Å². The van der Waals surface area contributed by atoms with Crippen LogP contribution >= 0.6 is 0 Å². The second kappa shape index (κ2) is 6.71. The number of benzene rings is 1. The van der Waals surface area contributed by atoms with E-state index in [0.717, 1.165) is 32.4 Å². The molecule has 1 aliphatic rings. The molecule has 0 saturated carbocycles. The van der Waals surface area contributed by atoms with Crippen molar-refractivity contribution in [2.24, 2.45) is 0 Å². The van der Waals surface area contributed by atoms with Gasteiger partial charge in [0.1, 0.15) is 0 Å². The number of carbonyl (C=O) groups is 1. The summed E-state index contributed by atoms with van der Waals surface area (Å²) < 4.78 is 0. The Balaban J connectivity index is 1.85. The third-order valence-electron chi connectivity index (χ3n) is 3.89. The summed E-state index contributed by atoms with van der Waals surface area (Å²) in [5.74, 6) is 0.304. The van der Waals surface area contributed by atoms with Crippen LogP contribution in [0.25, 0.3) is 0 Å². The number of hydrogen-bond donors (Lipinski definition) is 1. The van der Waals surface area contributed by atoms with Gasteiger partial charge in [-0.25, -0.2) is 0 Å². The molecule has 3 heteroatoms. The monoisotopic (exact) mass is 260 g/mol. The van der Waals surface area contributed by atoms with E-state index >= 15 is 0 Å². The molecule has 1 aromatic rings. The summed E-state index contributed by atoms with van der Waals surface area (Å²) in [6.07, 6.45) is 3.75. The van der Waals surface area contributed by atoms with Gasteiger partial charge in [0, 0.05) is 25.6 Å². The molecule has 1 saturated heterocycles. The van der Waals surface area contributed by atoms with Crippen molar-refractivity contribution < 1.29 is 4.79 Å². The lowest BCUT2D eigenvalue weighted by molar-refractivity contribution is -0.131. The second-order valence-electron chi connectivity index (χ2n) is 5.43. The third kappa shape index (κ3) is 3.80. The smallest absolute Gasteiger partial charge is 0.223 e. The fourth-order valence-electron chi connectivity index (χ4n) is 2.76. The zero-order valence-corrected chi connectivity index (χ0v) is 12.0. The van der Waals surface area contributed by atoms with Crippen LogP contribution in [-0.4, -0.2) is 37.0 Å². The molecular formula is C16H24N2O. The Labute approximate surface area is 116 Å². The van der Waals surface area contributed by atoms with E-state index in [9.17, 15) is 4.79 Å². The molecule has 1 fully saturated rings. The van der Waals surface area contributed by atoms with Gasteiger partial charge < -0.3 is 10.2 Å². The van der Waals surface area contributed by atoms with Gasteiger partial charge in [-0.15, -0.1) is 0 Å². The van der Waals surface area contributed by atoms with Gasteiger partial charge in [-0.2, -0.15) is 0 Å². The lowest BCUT2D eigenvalue weighted by Crippen LogP contribution is -2.40. The lowest BCUT2D eigenvalue weighted by Gasteiger charge is -2.24. The molecule has 1 atom stereocenters. The van der Waals surface area contributed by atoms with Crippen LogP contribution in [0.5, 0.6) is 0 Å². The van der Waals surface area contributed by atoms with Crippen molar-refractivity contribution in [3.63, 3.8) is 0 Å². The number of likely N-dealkylation sites (N-methyl/N-ethyl adjacent to an activating group) is 1. The standard InChI is InChI=1S/C16H24N2O/c1-13-5-7-14(8-6-13)9-10-16(19)18-11-3-4-15(18)12-17-2/h5-8,15,17H,3-4,9-12H2,1-2H3. The van der Waals surface area contributed by atoms with E-state index in [1.807, 2.05) is 7.05 Å². The van der Waals surface area contributed by atoms with E-state index in [1.54, 1.807) is 0 Å². The highest BCUT2D eigenvalue weighted by molar-refractivity contribution is 5.77. The molecule has 1 aromatic carbocycles. The summed E-state index contributed by atoms with van der Waals surface area (Å²) >= 11 is 0. The molecule has 1 aliphatic heterocycles. The largest absolute Gasteiger partial charge is 0.338 e. The lowest BCUT2D eigenvalue weighted by atomic mass is 10.1. The van der Waals surface area contributed by atoms with Crippen LogP contribution in [0.1, 0.15) is 30.4 Å². The summed E-state index contributed by atoms with van der Waals surface area (Å²) in [6.45, 7) is 3.93. The number of amides is 1. The first kappa shape index (κ1) is 14.1. The van der Waals surface area contributed by atoms with Gasteiger partial charge in [0.2, 0.25) is 5.91 Å². The average molecular weight is 260 g/mol. The maximum Gasteiger partial charge on any atom is 0.223 e. The SMILES string of the molecule is CNCC1CCCN1C(=O)CCc1ccc(C)cc1. The fraction of sp³-hybridized carbons (Fsp3) is 0.562. The van der Waals surface area contributed by atoms with Crippen LogP contribution in [0, 0.1) is 6.92 Å². The molecule has 0 bridgehead atoms. The molecule has 0 spiro atoms. The maximum atomic E-state index is 12.3. The number of nitrogens with zero attached hydrogens (tertiary/aromatic N) is 1. The first-order valence-corrected chi connectivity index (χ1v) is 7.20. The third-order valence-corrected chi connectivity index (χ3v) is 3.89. The van der Waals surface area contributed by atoms with Crippen LogP contribution < -0.4 is 5.32 Å². The molecular weight excluding hydrogens is 236 g/mol. The number of carbonyl (C=O) groups excluding carboxylic acids is 1. The molecule has 0 radical (unpaired) electrons. The quantitative estimate of drug-likeness (QED) is 0.879. The predicted molar refractivity (Wildman–Crippen MR) is 78.2 cm³/mol. The summed E-state index contributed by atoms with van der Waals surface area (Å²) in [5.41, 5.74) is 2.52. The number of rotatable bonds is 5. The number of likely N-dealkylation sites (tertiary alicyclic amines) is 1. The number of aryl methyl sites for hydroxylation is 2. The molecule has 1 amide bonds. The molecule has 19 heavy (non-hydrogen) atoms. The topological polar surface area (TPSA) is 32.3 Å². The Morgan fingerprint density at radius 1 is 1.37 bits per heavy atom. The van der Waals surface area contributed by atoms with E-state index in [2.05, 4.69) is 41.4 Å². The van der Waals surface area contributed by atoms with Gasteiger partial charge in [0.15, 0.2) is 0 Å². The molecule has 0 aliphatic carbocycles. The Kier molecular flexibility index (Phi) is 4.97. The highest BCUT2D eigenvalue weighted by Gasteiger charge is 2.27. The van der Waals surface area contributed by atoms with Crippen molar-refractivity contribution in [1.82, 2.24) is 10.2 Å². The van der Waals surface area contributed by atoms with E-state index in [4.69, 9.17) is 0 Å². The molecule has 0 aromatic heterocycles. The van der Waals surface area contributed by atoms with Crippen LogP contribution in [0.3, 0.4) is 0 Å².